The van der Waals surface area contributed by atoms with E-state index in [2.05, 4.69) is 24.3 Å². The first-order valence-electron chi connectivity index (χ1n) is 10.9. The van der Waals surface area contributed by atoms with E-state index in [4.69, 9.17) is 9.47 Å². The van der Waals surface area contributed by atoms with Crippen molar-refractivity contribution in [2.24, 2.45) is 0 Å². The van der Waals surface area contributed by atoms with Crippen LogP contribution in [0.5, 0.6) is 11.5 Å². The molecule has 4 nitrogen and oxygen atoms in total. The van der Waals surface area contributed by atoms with Crippen LogP contribution in [-0.2, 0) is 26.2 Å². The van der Waals surface area contributed by atoms with E-state index in [0.717, 1.165) is 40.1 Å². The van der Waals surface area contributed by atoms with Crippen molar-refractivity contribution in [1.82, 2.24) is 4.57 Å². The Morgan fingerprint density at radius 1 is 0.812 bits per heavy atom. The molecule has 0 amide bonds. The number of hydrogen-bond acceptors (Lipinski definition) is 3. The van der Waals surface area contributed by atoms with Gasteiger partial charge in [0.1, 0.15) is 24.7 Å². The molecule has 0 saturated carbocycles. The molecule has 2 heterocycles. The van der Waals surface area contributed by atoms with Crippen LogP contribution in [0, 0.1) is 6.92 Å². The van der Waals surface area contributed by atoms with E-state index in [1.165, 1.54) is 5.56 Å². The molecule has 1 aromatic heterocycles. The van der Waals surface area contributed by atoms with Gasteiger partial charge in [-0.05, 0) is 48.2 Å². The van der Waals surface area contributed by atoms with Crippen LogP contribution in [0.4, 0.5) is 0 Å². The summed E-state index contributed by atoms with van der Waals surface area (Å²) in [6.45, 7) is 3.65. The van der Waals surface area contributed by atoms with E-state index < -0.39 is 0 Å². The summed E-state index contributed by atoms with van der Waals surface area (Å²) >= 11 is 0. The summed E-state index contributed by atoms with van der Waals surface area (Å²) in [7, 11) is 0. The van der Waals surface area contributed by atoms with Crippen molar-refractivity contribution in [3.05, 3.63) is 118 Å². The Kier molecular flexibility index (Phi) is 5.51. The average molecular weight is 424 g/mol. The van der Waals surface area contributed by atoms with Crippen LogP contribution < -0.4 is 15.0 Å². The monoisotopic (exact) mass is 423 g/mol. The minimum atomic E-state index is -0.0243. The van der Waals surface area contributed by atoms with Gasteiger partial charge in [0.25, 0.3) is 5.56 Å². The minimum absolute atomic E-state index is 0.0243. The second-order valence-electron chi connectivity index (χ2n) is 8.09. The molecule has 0 spiro atoms. The lowest BCUT2D eigenvalue weighted by molar-refractivity contribution is 0.302. The quantitative estimate of drug-likeness (QED) is 0.409. The lowest BCUT2D eigenvalue weighted by atomic mass is 9.94. The van der Waals surface area contributed by atoms with Gasteiger partial charge in [0.15, 0.2) is 0 Å². The highest BCUT2D eigenvalue weighted by atomic mass is 16.5. The second-order valence-corrected chi connectivity index (χ2v) is 8.09. The Labute approximate surface area is 187 Å². The molecule has 1 aliphatic rings. The molecule has 0 unspecified atom stereocenters. The van der Waals surface area contributed by atoms with Crippen molar-refractivity contribution in [3.63, 3.8) is 0 Å². The minimum Gasteiger partial charge on any atom is -0.489 e. The largest absolute Gasteiger partial charge is 0.489 e. The fourth-order valence-corrected chi connectivity index (χ4v) is 4.25. The smallest absolute Gasteiger partial charge is 0.254 e. The third kappa shape index (κ3) is 4.04. The topological polar surface area (TPSA) is 40.5 Å². The highest BCUT2D eigenvalue weighted by molar-refractivity contribution is 5.71. The molecule has 0 fully saturated rings. The maximum absolute atomic E-state index is 12.8. The van der Waals surface area contributed by atoms with E-state index in [0.29, 0.717) is 25.5 Å². The fourth-order valence-electron chi connectivity index (χ4n) is 4.25. The number of pyridine rings is 1. The Morgan fingerprint density at radius 2 is 1.47 bits per heavy atom. The number of aryl methyl sites for hydroxylation is 1. The molecule has 0 bridgehead atoms. The van der Waals surface area contributed by atoms with Crippen molar-refractivity contribution >= 4 is 0 Å². The standard InChI is InChI=1S/C28H25NO3/c1-20-26(32-19-22-10-6-3-7-11-22)17-27(30)29-15-14-23-16-24(12-13-25(23)28(20)29)31-18-21-8-4-2-5-9-21/h2-13,16-17H,14-15,18-19H2,1H3. The zero-order valence-electron chi connectivity index (χ0n) is 18.1. The van der Waals surface area contributed by atoms with Crippen molar-refractivity contribution < 1.29 is 9.47 Å². The summed E-state index contributed by atoms with van der Waals surface area (Å²) in [5.41, 5.74) is 6.38. The van der Waals surface area contributed by atoms with Gasteiger partial charge in [-0.2, -0.15) is 0 Å². The zero-order chi connectivity index (χ0) is 21.9. The van der Waals surface area contributed by atoms with Crippen LogP contribution in [0.25, 0.3) is 11.3 Å². The lowest BCUT2D eigenvalue weighted by Crippen LogP contribution is -2.27. The predicted molar refractivity (Wildman–Crippen MR) is 126 cm³/mol. The number of hydrogen-bond donors (Lipinski definition) is 0. The molecule has 1 aliphatic heterocycles. The molecule has 4 heteroatoms. The molecular formula is C28H25NO3. The van der Waals surface area contributed by atoms with Crippen molar-refractivity contribution in [3.8, 4) is 22.8 Å². The molecule has 3 aromatic carbocycles. The maximum atomic E-state index is 12.8. The first-order chi connectivity index (χ1) is 15.7. The number of rotatable bonds is 6. The van der Waals surface area contributed by atoms with Gasteiger partial charge in [-0.25, -0.2) is 0 Å². The molecule has 160 valence electrons. The normalized spacial score (nSPS) is 12.0. The fraction of sp³-hybridized carbons (Fsp3) is 0.179. The summed E-state index contributed by atoms with van der Waals surface area (Å²) in [6, 6.07) is 27.9. The summed E-state index contributed by atoms with van der Waals surface area (Å²) in [6.07, 6.45) is 0.800. The molecule has 0 saturated heterocycles. The first-order valence-corrected chi connectivity index (χ1v) is 10.9. The van der Waals surface area contributed by atoms with Crippen molar-refractivity contribution in [2.45, 2.75) is 33.1 Å². The van der Waals surface area contributed by atoms with Crippen molar-refractivity contribution in [1.29, 1.82) is 0 Å². The molecule has 0 aliphatic carbocycles. The van der Waals surface area contributed by atoms with Gasteiger partial charge in [-0.3, -0.25) is 4.79 Å². The number of fused-ring (bicyclic) bond motifs is 3. The van der Waals surface area contributed by atoms with Gasteiger partial charge in [0.05, 0.1) is 5.69 Å². The summed E-state index contributed by atoms with van der Waals surface area (Å²) in [5, 5.41) is 0. The Bertz CT molecular complexity index is 1290. The summed E-state index contributed by atoms with van der Waals surface area (Å²) in [4.78, 5) is 12.8. The number of aromatic nitrogens is 1. The van der Waals surface area contributed by atoms with Crippen LogP contribution in [-0.4, -0.2) is 4.57 Å². The molecule has 32 heavy (non-hydrogen) atoms. The van der Waals surface area contributed by atoms with Crippen LogP contribution in [0.1, 0.15) is 22.3 Å². The predicted octanol–water partition coefficient (Wildman–Crippen LogP) is 5.54. The molecule has 5 rings (SSSR count). The number of benzene rings is 3. The highest BCUT2D eigenvalue weighted by Gasteiger charge is 2.22. The molecule has 4 aromatic rings. The van der Waals surface area contributed by atoms with Gasteiger partial charge >= 0.3 is 0 Å². The average Bonchev–Trinajstić information content (AvgIpc) is 2.84. The highest BCUT2D eigenvalue weighted by Crippen LogP contribution is 2.36. The van der Waals surface area contributed by atoms with Gasteiger partial charge in [-0.15, -0.1) is 0 Å². The number of nitrogens with zero attached hydrogens (tertiary/aromatic N) is 1. The van der Waals surface area contributed by atoms with Crippen LogP contribution in [0.3, 0.4) is 0 Å². The summed E-state index contributed by atoms with van der Waals surface area (Å²) in [5.74, 6) is 1.49. The Hall–Kier alpha value is -3.79. The molecule has 0 atom stereocenters. The van der Waals surface area contributed by atoms with E-state index >= 15 is 0 Å². The second kappa shape index (κ2) is 8.75. The van der Waals surface area contributed by atoms with E-state index in [9.17, 15) is 4.79 Å². The van der Waals surface area contributed by atoms with E-state index in [-0.39, 0.29) is 5.56 Å². The molecule has 0 N–H and O–H groups in total. The number of ether oxygens (including phenoxy) is 2. The summed E-state index contributed by atoms with van der Waals surface area (Å²) < 4.78 is 13.9. The van der Waals surface area contributed by atoms with Crippen LogP contribution in [0.15, 0.2) is 89.7 Å². The Balaban J connectivity index is 1.43. The Morgan fingerprint density at radius 3 is 2.16 bits per heavy atom. The third-order valence-electron chi connectivity index (χ3n) is 5.94. The van der Waals surface area contributed by atoms with Crippen LogP contribution in [0.2, 0.25) is 0 Å². The van der Waals surface area contributed by atoms with E-state index in [1.807, 2.05) is 66.1 Å². The maximum Gasteiger partial charge on any atom is 0.254 e. The first kappa shape index (κ1) is 20.1. The van der Waals surface area contributed by atoms with Crippen LogP contribution >= 0.6 is 0 Å². The SMILES string of the molecule is Cc1c(OCc2ccccc2)cc(=O)n2c1-c1ccc(OCc3ccccc3)cc1CC2. The zero-order valence-corrected chi connectivity index (χ0v) is 18.1. The molecule has 0 radical (unpaired) electrons. The van der Waals surface area contributed by atoms with Gasteiger partial charge < -0.3 is 14.0 Å². The van der Waals surface area contributed by atoms with E-state index in [1.54, 1.807) is 6.07 Å². The molecular weight excluding hydrogens is 398 g/mol. The van der Waals surface area contributed by atoms with Crippen molar-refractivity contribution in [2.75, 3.05) is 0 Å². The van der Waals surface area contributed by atoms with Gasteiger partial charge in [-0.1, -0.05) is 60.7 Å². The third-order valence-corrected chi connectivity index (χ3v) is 5.94. The lowest BCUT2D eigenvalue weighted by Gasteiger charge is -2.25. The van der Waals surface area contributed by atoms with Gasteiger partial charge in [0, 0.05) is 23.7 Å². The van der Waals surface area contributed by atoms with Gasteiger partial charge in [0.2, 0.25) is 0 Å².